The highest BCUT2D eigenvalue weighted by atomic mass is 127. The third kappa shape index (κ3) is 5.95. The number of halogens is 4. The number of rotatable bonds is 5. The van der Waals surface area contributed by atoms with Gasteiger partial charge in [-0.3, -0.25) is 0 Å². The van der Waals surface area contributed by atoms with Gasteiger partial charge in [0.1, 0.15) is 18.5 Å². The number of hydrogen-bond donors (Lipinski definition) is 1. The summed E-state index contributed by atoms with van der Waals surface area (Å²) < 4.78 is 45.1. The highest BCUT2D eigenvalue weighted by Gasteiger charge is 2.45. The average molecular weight is 555 g/mol. The molecule has 0 saturated heterocycles. The summed E-state index contributed by atoms with van der Waals surface area (Å²) in [5.74, 6) is 0.738. The van der Waals surface area contributed by atoms with E-state index < -0.39 is 24.6 Å². The van der Waals surface area contributed by atoms with E-state index in [4.69, 9.17) is 0 Å². The van der Waals surface area contributed by atoms with E-state index in [1.54, 1.807) is 0 Å². The Bertz CT molecular complexity index is 549. The van der Waals surface area contributed by atoms with Crippen molar-refractivity contribution in [3.63, 3.8) is 0 Å². The average Bonchev–Trinajstić information content (AvgIpc) is 2.78. The van der Waals surface area contributed by atoms with E-state index in [0.29, 0.717) is 28.6 Å². The molecule has 0 aromatic heterocycles. The summed E-state index contributed by atoms with van der Waals surface area (Å²) in [4.78, 5) is 0. The Balaban J connectivity index is 1.23. The van der Waals surface area contributed by atoms with Gasteiger partial charge in [-0.05, 0) is 99.7 Å². The number of aliphatic hydroxyl groups is 1. The summed E-state index contributed by atoms with van der Waals surface area (Å²) in [7, 11) is 0. The molecule has 8 unspecified atom stereocenters. The molecule has 8 atom stereocenters. The minimum absolute atomic E-state index is 0.106. The molecule has 31 heavy (non-hydrogen) atoms. The van der Waals surface area contributed by atoms with Crippen LogP contribution in [-0.4, -0.2) is 33.7 Å². The molecular weight excluding hydrogens is 512 g/mol. The molecule has 5 heteroatoms. The van der Waals surface area contributed by atoms with Crippen molar-refractivity contribution < 1.29 is 18.3 Å². The lowest BCUT2D eigenvalue weighted by molar-refractivity contribution is -0.0361. The number of alkyl halides is 4. The summed E-state index contributed by atoms with van der Waals surface area (Å²) in [5.41, 5.74) is 0. The van der Waals surface area contributed by atoms with E-state index in [0.717, 1.165) is 77.0 Å². The summed E-state index contributed by atoms with van der Waals surface area (Å²) in [6.45, 7) is 0. The van der Waals surface area contributed by atoms with Gasteiger partial charge in [0.15, 0.2) is 0 Å². The van der Waals surface area contributed by atoms with Crippen molar-refractivity contribution >= 4 is 22.6 Å². The van der Waals surface area contributed by atoms with Gasteiger partial charge in [0, 0.05) is 3.92 Å². The molecule has 0 spiro atoms. The van der Waals surface area contributed by atoms with Gasteiger partial charge in [-0.2, -0.15) is 0 Å². The maximum absolute atomic E-state index is 15.0. The lowest BCUT2D eigenvalue weighted by Gasteiger charge is -2.42. The Labute approximate surface area is 200 Å². The van der Waals surface area contributed by atoms with Crippen molar-refractivity contribution in [1.82, 2.24) is 0 Å². The fraction of sp³-hybridized carbons (Fsp3) is 1.00. The second-order valence-electron chi connectivity index (χ2n) is 11.4. The lowest BCUT2D eigenvalue weighted by atomic mass is 9.66. The first-order chi connectivity index (χ1) is 14.9. The van der Waals surface area contributed by atoms with Crippen molar-refractivity contribution in [3.8, 4) is 0 Å². The number of hydrogen-bond acceptors (Lipinski definition) is 1. The summed E-state index contributed by atoms with van der Waals surface area (Å²) in [6.07, 6.45) is 10.2. The Morgan fingerprint density at radius 3 is 2.03 bits per heavy atom. The van der Waals surface area contributed by atoms with E-state index in [9.17, 15) is 13.9 Å². The summed E-state index contributed by atoms with van der Waals surface area (Å²) in [6, 6.07) is 0. The summed E-state index contributed by atoms with van der Waals surface area (Å²) >= 11 is 2.38. The van der Waals surface area contributed by atoms with Crippen LogP contribution in [0, 0.1) is 35.5 Å². The van der Waals surface area contributed by atoms with Crippen LogP contribution in [0.2, 0.25) is 0 Å². The molecule has 0 aliphatic heterocycles. The van der Waals surface area contributed by atoms with Crippen molar-refractivity contribution in [2.75, 3.05) is 0 Å². The Kier molecular flexibility index (Phi) is 8.94. The fourth-order valence-corrected chi connectivity index (χ4v) is 8.46. The van der Waals surface area contributed by atoms with E-state index in [2.05, 4.69) is 22.6 Å². The molecule has 0 radical (unpaired) electrons. The second kappa shape index (κ2) is 11.3. The molecule has 0 heterocycles. The molecule has 1 N–H and O–H groups in total. The van der Waals surface area contributed by atoms with Gasteiger partial charge >= 0.3 is 0 Å². The topological polar surface area (TPSA) is 20.2 Å². The molecule has 180 valence electrons. The first-order valence-electron chi connectivity index (χ1n) is 13.2. The van der Waals surface area contributed by atoms with Crippen molar-refractivity contribution in [2.24, 2.45) is 35.5 Å². The highest BCUT2D eigenvalue weighted by molar-refractivity contribution is 14.1. The van der Waals surface area contributed by atoms with Crippen LogP contribution in [0.15, 0.2) is 0 Å². The standard InChI is InChI=1S/C26H42F3IO/c27-23-15-20(30)11-13-21(23)17-6-8-18(9-7-17)24(31)14-19-10-12-22(26(29)25(19)28)16-4-2-1-3-5-16/h16-26,31H,1-15H2. The van der Waals surface area contributed by atoms with Crippen LogP contribution in [-0.2, 0) is 0 Å². The lowest BCUT2D eigenvalue weighted by Crippen LogP contribution is -2.43. The van der Waals surface area contributed by atoms with Gasteiger partial charge in [0.25, 0.3) is 0 Å². The third-order valence-corrected chi connectivity index (χ3v) is 10.7. The molecule has 4 fully saturated rings. The molecule has 4 saturated carbocycles. The number of aliphatic hydroxyl groups excluding tert-OH is 1. The molecule has 0 aromatic carbocycles. The van der Waals surface area contributed by atoms with Crippen molar-refractivity contribution in [1.29, 1.82) is 0 Å². The van der Waals surface area contributed by atoms with E-state index in [1.807, 2.05) is 0 Å². The molecule has 4 aliphatic rings. The van der Waals surface area contributed by atoms with Crippen LogP contribution >= 0.6 is 22.6 Å². The smallest absolute Gasteiger partial charge is 0.134 e. The van der Waals surface area contributed by atoms with Crippen LogP contribution in [0.1, 0.15) is 96.3 Å². The zero-order valence-corrected chi connectivity index (χ0v) is 21.1. The van der Waals surface area contributed by atoms with Gasteiger partial charge in [0.2, 0.25) is 0 Å². The van der Waals surface area contributed by atoms with E-state index >= 15 is 4.39 Å². The second-order valence-corrected chi connectivity index (χ2v) is 13.1. The Morgan fingerprint density at radius 2 is 1.35 bits per heavy atom. The third-order valence-electron chi connectivity index (χ3n) is 9.56. The summed E-state index contributed by atoms with van der Waals surface area (Å²) in [5, 5.41) is 10.9. The van der Waals surface area contributed by atoms with Gasteiger partial charge in [-0.15, -0.1) is 0 Å². The minimum atomic E-state index is -1.41. The van der Waals surface area contributed by atoms with Gasteiger partial charge in [-0.25, -0.2) is 13.2 Å². The van der Waals surface area contributed by atoms with Crippen LogP contribution in [0.3, 0.4) is 0 Å². The van der Waals surface area contributed by atoms with E-state index in [1.165, 1.54) is 6.42 Å². The molecular formula is C26H42F3IO. The fourth-order valence-electron chi connectivity index (χ4n) is 7.61. The molecule has 0 bridgehead atoms. The molecule has 4 aliphatic carbocycles. The Hall–Kier alpha value is 0.480. The largest absolute Gasteiger partial charge is 0.393 e. The predicted octanol–water partition coefficient (Wildman–Crippen LogP) is 7.77. The first-order valence-corrected chi connectivity index (χ1v) is 14.4. The van der Waals surface area contributed by atoms with Crippen molar-refractivity contribution in [2.45, 2.75) is 125 Å². The normalized spacial score (nSPS) is 46.5. The van der Waals surface area contributed by atoms with Gasteiger partial charge in [0.05, 0.1) is 6.10 Å². The maximum Gasteiger partial charge on any atom is 0.134 e. The van der Waals surface area contributed by atoms with E-state index in [-0.39, 0.29) is 23.7 Å². The maximum atomic E-state index is 15.0. The molecule has 0 amide bonds. The van der Waals surface area contributed by atoms with Crippen molar-refractivity contribution in [3.05, 3.63) is 0 Å². The first kappa shape index (κ1) is 24.6. The highest BCUT2D eigenvalue weighted by Crippen LogP contribution is 2.46. The van der Waals surface area contributed by atoms with Gasteiger partial charge in [-0.1, -0.05) is 54.7 Å². The molecule has 0 aromatic rings. The van der Waals surface area contributed by atoms with Crippen LogP contribution in [0.4, 0.5) is 13.2 Å². The Morgan fingerprint density at radius 1 is 0.710 bits per heavy atom. The van der Waals surface area contributed by atoms with Crippen LogP contribution in [0.25, 0.3) is 0 Å². The zero-order valence-electron chi connectivity index (χ0n) is 18.9. The predicted molar refractivity (Wildman–Crippen MR) is 129 cm³/mol. The monoisotopic (exact) mass is 554 g/mol. The zero-order chi connectivity index (χ0) is 22.0. The SMILES string of the molecule is OC(CC1CCC(C2CCCCC2)C(F)C1F)C1CCC(C2CCC(I)CC2F)CC1. The minimum Gasteiger partial charge on any atom is -0.393 e. The van der Waals surface area contributed by atoms with Crippen LogP contribution < -0.4 is 0 Å². The van der Waals surface area contributed by atoms with Gasteiger partial charge < -0.3 is 5.11 Å². The molecule has 4 rings (SSSR count). The molecule has 1 nitrogen and oxygen atoms in total. The van der Waals surface area contributed by atoms with Crippen LogP contribution in [0.5, 0.6) is 0 Å². The quantitative estimate of drug-likeness (QED) is 0.272.